The van der Waals surface area contributed by atoms with Crippen LogP contribution in [0.2, 0.25) is 0 Å². The minimum Gasteiger partial charge on any atom is -0.327 e. The van der Waals surface area contributed by atoms with Gasteiger partial charge in [-0.15, -0.1) is 0 Å². The molecule has 2 heteroatoms. The van der Waals surface area contributed by atoms with Crippen LogP contribution in [0.15, 0.2) is 0 Å². The van der Waals surface area contributed by atoms with Gasteiger partial charge in [0, 0.05) is 18.6 Å². The molecule has 4 atom stereocenters. The van der Waals surface area contributed by atoms with E-state index < -0.39 is 0 Å². The highest BCUT2D eigenvalue weighted by atomic mass is 15.1. The van der Waals surface area contributed by atoms with Crippen LogP contribution in [0.25, 0.3) is 0 Å². The Kier molecular flexibility index (Phi) is 8.01. The van der Waals surface area contributed by atoms with Crippen molar-refractivity contribution in [3.8, 4) is 0 Å². The van der Waals surface area contributed by atoms with E-state index in [1.54, 1.807) is 0 Å². The summed E-state index contributed by atoms with van der Waals surface area (Å²) in [5, 5.41) is 0. The molecule has 4 unspecified atom stereocenters. The molecule has 0 aromatic rings. The van der Waals surface area contributed by atoms with E-state index in [0.29, 0.717) is 12.1 Å². The Morgan fingerprint density at radius 3 is 2.53 bits per heavy atom. The van der Waals surface area contributed by atoms with E-state index in [-0.39, 0.29) is 0 Å². The molecule has 1 rings (SSSR count). The summed E-state index contributed by atoms with van der Waals surface area (Å²) in [6.45, 7) is 11.8. The van der Waals surface area contributed by atoms with Gasteiger partial charge in [0.25, 0.3) is 0 Å². The van der Waals surface area contributed by atoms with Crippen LogP contribution >= 0.6 is 0 Å². The third kappa shape index (κ3) is 5.43. The maximum atomic E-state index is 6.39. The van der Waals surface area contributed by atoms with Crippen LogP contribution in [0, 0.1) is 11.8 Å². The van der Waals surface area contributed by atoms with Gasteiger partial charge in [0.1, 0.15) is 0 Å². The van der Waals surface area contributed by atoms with Crippen molar-refractivity contribution in [1.82, 2.24) is 4.90 Å². The zero-order valence-electron chi connectivity index (χ0n) is 13.7. The third-order valence-corrected chi connectivity index (χ3v) is 5.21. The summed E-state index contributed by atoms with van der Waals surface area (Å²) in [6, 6.07) is 1.15. The maximum Gasteiger partial charge on any atom is 0.00795 e. The van der Waals surface area contributed by atoms with Gasteiger partial charge in [0.05, 0.1) is 0 Å². The molecule has 1 aliphatic carbocycles. The number of hydrogen-bond donors (Lipinski definition) is 1. The first kappa shape index (κ1) is 17.0. The van der Waals surface area contributed by atoms with E-state index in [2.05, 4.69) is 32.6 Å². The lowest BCUT2D eigenvalue weighted by molar-refractivity contribution is 0.122. The molecule has 0 aliphatic heterocycles. The van der Waals surface area contributed by atoms with Crippen molar-refractivity contribution in [3.63, 3.8) is 0 Å². The van der Waals surface area contributed by atoms with Crippen LogP contribution in [0.5, 0.6) is 0 Å². The van der Waals surface area contributed by atoms with Crippen molar-refractivity contribution in [3.05, 3.63) is 0 Å². The van der Waals surface area contributed by atoms with Crippen molar-refractivity contribution in [2.45, 2.75) is 84.7 Å². The van der Waals surface area contributed by atoms with Crippen molar-refractivity contribution < 1.29 is 0 Å². The molecule has 0 aromatic heterocycles. The molecule has 2 nitrogen and oxygen atoms in total. The highest BCUT2D eigenvalue weighted by molar-refractivity contribution is 4.85. The van der Waals surface area contributed by atoms with Crippen LogP contribution in [0.4, 0.5) is 0 Å². The minimum absolute atomic E-state index is 0.441. The molecule has 0 radical (unpaired) electrons. The van der Waals surface area contributed by atoms with Crippen LogP contribution in [0.3, 0.4) is 0 Å². The molecule has 0 heterocycles. The van der Waals surface area contributed by atoms with Gasteiger partial charge in [-0.05, 0) is 57.4 Å². The van der Waals surface area contributed by atoms with Gasteiger partial charge < -0.3 is 10.6 Å². The van der Waals surface area contributed by atoms with Gasteiger partial charge in [-0.3, -0.25) is 0 Å². The molecule has 0 aromatic carbocycles. The summed E-state index contributed by atoms with van der Waals surface area (Å²) in [5.74, 6) is 1.65. The van der Waals surface area contributed by atoms with Crippen molar-refractivity contribution in [2.24, 2.45) is 17.6 Å². The largest absolute Gasteiger partial charge is 0.327 e. The predicted octanol–water partition coefficient (Wildman–Crippen LogP) is 4.04. The Labute approximate surface area is 121 Å². The normalized spacial score (nSPS) is 29.7. The fourth-order valence-electron chi connectivity index (χ4n) is 3.38. The van der Waals surface area contributed by atoms with Crippen molar-refractivity contribution >= 4 is 0 Å². The molecule has 0 amide bonds. The van der Waals surface area contributed by atoms with Gasteiger partial charge in [-0.25, -0.2) is 0 Å². The second-order valence-electron chi connectivity index (χ2n) is 6.62. The van der Waals surface area contributed by atoms with Gasteiger partial charge in [0.15, 0.2) is 0 Å². The van der Waals surface area contributed by atoms with Gasteiger partial charge >= 0.3 is 0 Å². The molecule has 1 fully saturated rings. The van der Waals surface area contributed by atoms with E-state index in [1.165, 1.54) is 58.0 Å². The Morgan fingerprint density at radius 1 is 1.21 bits per heavy atom. The van der Waals surface area contributed by atoms with E-state index in [1.807, 2.05) is 0 Å². The van der Waals surface area contributed by atoms with E-state index in [9.17, 15) is 0 Å². The minimum atomic E-state index is 0.441. The average Bonchev–Trinajstić information content (AvgIpc) is 2.44. The maximum absolute atomic E-state index is 6.39. The van der Waals surface area contributed by atoms with Crippen LogP contribution in [-0.4, -0.2) is 30.1 Å². The molecule has 0 bridgehead atoms. The van der Waals surface area contributed by atoms with Crippen molar-refractivity contribution in [2.75, 3.05) is 13.1 Å². The van der Waals surface area contributed by atoms with Crippen LogP contribution < -0.4 is 5.73 Å². The quantitative estimate of drug-likeness (QED) is 0.720. The summed E-state index contributed by atoms with van der Waals surface area (Å²) in [7, 11) is 0. The monoisotopic (exact) mass is 268 g/mol. The molecule has 0 saturated heterocycles. The molecule has 19 heavy (non-hydrogen) atoms. The Hall–Kier alpha value is -0.0800. The van der Waals surface area contributed by atoms with E-state index >= 15 is 0 Å². The first-order valence-corrected chi connectivity index (χ1v) is 8.61. The second-order valence-corrected chi connectivity index (χ2v) is 6.62. The fourth-order valence-corrected chi connectivity index (χ4v) is 3.38. The molecule has 114 valence electrons. The zero-order chi connectivity index (χ0) is 14.3. The Morgan fingerprint density at radius 2 is 1.95 bits per heavy atom. The molecule has 1 saturated carbocycles. The van der Waals surface area contributed by atoms with Gasteiger partial charge in [-0.2, -0.15) is 0 Å². The standard InChI is InChI=1S/C17H36N2/c1-5-8-11-19(14(4)6-2)13-16-12-15(7-3)9-10-17(16)18/h14-17H,5-13,18H2,1-4H3. The number of unbranched alkanes of at least 4 members (excludes halogenated alkanes) is 1. The molecular weight excluding hydrogens is 232 g/mol. The average molecular weight is 268 g/mol. The number of nitrogens with zero attached hydrogens (tertiary/aromatic N) is 1. The lowest BCUT2D eigenvalue weighted by Gasteiger charge is -2.39. The Balaban J connectivity index is 2.54. The van der Waals surface area contributed by atoms with Crippen molar-refractivity contribution in [1.29, 1.82) is 0 Å². The molecule has 2 N–H and O–H groups in total. The van der Waals surface area contributed by atoms with E-state index in [0.717, 1.165) is 11.8 Å². The highest BCUT2D eigenvalue weighted by Crippen LogP contribution is 2.31. The third-order valence-electron chi connectivity index (χ3n) is 5.21. The molecule has 0 spiro atoms. The first-order valence-electron chi connectivity index (χ1n) is 8.61. The summed E-state index contributed by atoms with van der Waals surface area (Å²) >= 11 is 0. The number of hydrogen-bond acceptors (Lipinski definition) is 2. The lowest BCUT2D eigenvalue weighted by atomic mass is 9.77. The lowest BCUT2D eigenvalue weighted by Crippen LogP contribution is -2.45. The van der Waals surface area contributed by atoms with Crippen LogP contribution in [-0.2, 0) is 0 Å². The molecular formula is C17H36N2. The SMILES string of the molecule is CCCCN(CC1CC(CC)CCC1N)C(C)CC. The van der Waals surface area contributed by atoms with E-state index in [4.69, 9.17) is 5.73 Å². The predicted molar refractivity (Wildman–Crippen MR) is 85.3 cm³/mol. The summed E-state index contributed by atoms with van der Waals surface area (Å²) < 4.78 is 0. The zero-order valence-corrected chi connectivity index (χ0v) is 13.7. The van der Waals surface area contributed by atoms with Gasteiger partial charge in [-0.1, -0.05) is 33.6 Å². The fraction of sp³-hybridized carbons (Fsp3) is 1.00. The second kappa shape index (κ2) is 8.97. The Bertz CT molecular complexity index is 225. The van der Waals surface area contributed by atoms with Gasteiger partial charge in [0.2, 0.25) is 0 Å². The summed E-state index contributed by atoms with van der Waals surface area (Å²) in [5.41, 5.74) is 6.39. The molecule has 1 aliphatic rings. The highest BCUT2D eigenvalue weighted by Gasteiger charge is 2.29. The van der Waals surface area contributed by atoms with Crippen LogP contribution in [0.1, 0.15) is 72.6 Å². The first-order chi connectivity index (χ1) is 9.12. The summed E-state index contributed by atoms with van der Waals surface area (Å²) in [4.78, 5) is 2.70. The summed E-state index contributed by atoms with van der Waals surface area (Å²) in [6.07, 6.45) is 9.16. The number of rotatable bonds is 8. The smallest absolute Gasteiger partial charge is 0.00795 e. The number of nitrogens with two attached hydrogens (primary N) is 1. The topological polar surface area (TPSA) is 29.3 Å².